The van der Waals surface area contributed by atoms with Crippen LogP contribution in [0, 0.1) is 0 Å². The number of aliphatic hydroxyl groups is 1. The molecule has 0 radical (unpaired) electrons. The summed E-state index contributed by atoms with van der Waals surface area (Å²) >= 11 is 7.04. The van der Waals surface area contributed by atoms with Gasteiger partial charge in [0.05, 0.1) is 23.4 Å². The van der Waals surface area contributed by atoms with Gasteiger partial charge in [0.1, 0.15) is 5.82 Å². The lowest BCUT2D eigenvalue weighted by atomic mass is 10.2. The quantitative estimate of drug-likeness (QED) is 0.453. The Bertz CT molecular complexity index is 935. The van der Waals surface area contributed by atoms with Crippen molar-refractivity contribution >= 4 is 46.5 Å². The summed E-state index contributed by atoms with van der Waals surface area (Å²) in [4.78, 5) is 47.8. The molecule has 3 amide bonds. The van der Waals surface area contributed by atoms with Crippen LogP contribution < -0.4 is 16.0 Å². The lowest BCUT2D eigenvalue weighted by Gasteiger charge is -2.20. The Morgan fingerprint density at radius 1 is 1.33 bits per heavy atom. The molecule has 10 nitrogen and oxygen atoms in total. The van der Waals surface area contributed by atoms with E-state index in [4.69, 9.17) is 11.6 Å². The van der Waals surface area contributed by atoms with E-state index in [1.165, 1.54) is 29.7 Å². The van der Waals surface area contributed by atoms with Gasteiger partial charge in [-0.15, -0.1) is 11.3 Å². The molecule has 2 aromatic heterocycles. The highest BCUT2D eigenvalue weighted by molar-refractivity contribution is 7.13. The Balaban J connectivity index is 1.50. The SMILES string of the molecule is CN1CCc2sc(C(=O)N[C@H](CO)CNC(=O)C(=O)Nc3ccc(Cl)cn3)nc2C1. The van der Waals surface area contributed by atoms with Crippen LogP contribution in [0.3, 0.4) is 0 Å². The topological polar surface area (TPSA) is 137 Å². The van der Waals surface area contributed by atoms with Crippen molar-refractivity contribution in [2.24, 2.45) is 0 Å². The number of carbonyl (C=O) groups is 3. The van der Waals surface area contributed by atoms with Crippen molar-refractivity contribution < 1.29 is 19.5 Å². The summed E-state index contributed by atoms with van der Waals surface area (Å²) < 4.78 is 0. The fourth-order valence-electron chi connectivity index (χ4n) is 2.75. The highest BCUT2D eigenvalue weighted by Gasteiger charge is 2.23. The lowest BCUT2D eigenvalue weighted by Crippen LogP contribution is -2.48. The second-order valence-electron chi connectivity index (χ2n) is 6.76. The molecule has 0 spiro atoms. The van der Waals surface area contributed by atoms with Crippen LogP contribution >= 0.6 is 22.9 Å². The van der Waals surface area contributed by atoms with Crippen LogP contribution in [-0.4, -0.2) is 70.5 Å². The van der Waals surface area contributed by atoms with E-state index in [1.54, 1.807) is 0 Å². The van der Waals surface area contributed by atoms with Gasteiger partial charge in [-0.2, -0.15) is 0 Å². The Morgan fingerprint density at radius 3 is 2.83 bits per heavy atom. The average molecular weight is 453 g/mol. The standard InChI is InChI=1S/C18H21ClN6O4S/c1-25-5-4-13-12(8-25)23-18(30-13)17(29)22-11(9-26)7-21-15(27)16(28)24-14-3-2-10(19)6-20-14/h2-3,6,11,26H,4-5,7-9H2,1H3,(H,21,27)(H,22,29)(H,20,24,28)/t11-/m0/s1. The van der Waals surface area contributed by atoms with E-state index in [0.29, 0.717) is 16.6 Å². The highest BCUT2D eigenvalue weighted by atomic mass is 35.5. The molecule has 12 heteroatoms. The molecule has 1 atom stereocenters. The van der Waals surface area contributed by atoms with Crippen LogP contribution in [0.4, 0.5) is 5.82 Å². The molecule has 2 aromatic rings. The highest BCUT2D eigenvalue weighted by Crippen LogP contribution is 2.24. The Labute approximate surface area is 181 Å². The van der Waals surface area contributed by atoms with Gasteiger partial charge in [0.15, 0.2) is 5.01 Å². The van der Waals surface area contributed by atoms with Gasteiger partial charge < -0.3 is 26.0 Å². The molecule has 0 saturated carbocycles. The molecular formula is C18H21ClN6O4S. The zero-order valence-corrected chi connectivity index (χ0v) is 17.7. The molecule has 30 heavy (non-hydrogen) atoms. The zero-order valence-electron chi connectivity index (χ0n) is 16.1. The van der Waals surface area contributed by atoms with Crippen LogP contribution in [-0.2, 0) is 22.6 Å². The third-order valence-corrected chi connectivity index (χ3v) is 5.73. The number of aromatic nitrogens is 2. The molecule has 3 rings (SSSR count). The number of nitrogens with one attached hydrogen (secondary N) is 3. The molecule has 1 aliphatic rings. The van der Waals surface area contributed by atoms with Crippen molar-refractivity contribution in [3.8, 4) is 0 Å². The fourth-order valence-corrected chi connectivity index (χ4v) is 3.83. The minimum atomic E-state index is -0.926. The van der Waals surface area contributed by atoms with E-state index >= 15 is 0 Å². The summed E-state index contributed by atoms with van der Waals surface area (Å²) in [6.45, 7) is 1.06. The number of hydrogen-bond acceptors (Lipinski definition) is 8. The van der Waals surface area contributed by atoms with E-state index < -0.39 is 30.4 Å². The van der Waals surface area contributed by atoms with Crippen molar-refractivity contribution in [3.05, 3.63) is 38.9 Å². The molecule has 160 valence electrons. The van der Waals surface area contributed by atoms with E-state index in [9.17, 15) is 19.5 Å². The Kier molecular flexibility index (Phi) is 7.32. The summed E-state index contributed by atoms with van der Waals surface area (Å²) in [7, 11) is 1.99. The number of rotatable bonds is 6. The number of pyridine rings is 1. The molecule has 1 aliphatic heterocycles. The lowest BCUT2D eigenvalue weighted by molar-refractivity contribution is -0.136. The predicted molar refractivity (Wildman–Crippen MR) is 111 cm³/mol. The first-order valence-electron chi connectivity index (χ1n) is 9.15. The van der Waals surface area contributed by atoms with Gasteiger partial charge in [-0.05, 0) is 25.6 Å². The van der Waals surface area contributed by atoms with Crippen molar-refractivity contribution in [3.63, 3.8) is 0 Å². The van der Waals surface area contributed by atoms with Crippen LogP contribution in [0.1, 0.15) is 20.4 Å². The zero-order chi connectivity index (χ0) is 21.7. The Hall–Kier alpha value is -2.60. The molecule has 0 aromatic carbocycles. The number of anilines is 1. The maximum atomic E-state index is 12.5. The van der Waals surface area contributed by atoms with Gasteiger partial charge >= 0.3 is 11.8 Å². The molecular weight excluding hydrogens is 432 g/mol. The molecule has 0 aliphatic carbocycles. The maximum Gasteiger partial charge on any atom is 0.314 e. The minimum Gasteiger partial charge on any atom is -0.394 e. The summed E-state index contributed by atoms with van der Waals surface area (Å²) in [5.74, 6) is -2.11. The van der Waals surface area contributed by atoms with E-state index in [0.717, 1.165) is 23.5 Å². The second-order valence-corrected chi connectivity index (χ2v) is 8.28. The fraction of sp³-hybridized carbons (Fsp3) is 0.389. The first kappa shape index (κ1) is 22.1. The predicted octanol–water partition coefficient (Wildman–Crippen LogP) is 0.0250. The molecule has 0 saturated heterocycles. The molecule has 0 fully saturated rings. The van der Waals surface area contributed by atoms with Gasteiger partial charge in [0, 0.05) is 30.7 Å². The first-order valence-corrected chi connectivity index (χ1v) is 10.3. The van der Waals surface area contributed by atoms with Crippen molar-refractivity contribution in [1.82, 2.24) is 25.5 Å². The number of amides is 3. The van der Waals surface area contributed by atoms with Gasteiger partial charge in [-0.1, -0.05) is 11.6 Å². The third kappa shape index (κ3) is 5.72. The van der Waals surface area contributed by atoms with Crippen LogP contribution in [0.25, 0.3) is 0 Å². The number of aliphatic hydroxyl groups excluding tert-OH is 1. The number of hydrogen-bond donors (Lipinski definition) is 4. The number of halogens is 1. The summed E-state index contributed by atoms with van der Waals surface area (Å²) in [6, 6.07) is 2.20. The van der Waals surface area contributed by atoms with Gasteiger partial charge in [0.2, 0.25) is 0 Å². The molecule has 0 unspecified atom stereocenters. The maximum absolute atomic E-state index is 12.5. The number of nitrogens with zero attached hydrogens (tertiary/aromatic N) is 3. The summed E-state index contributed by atoms with van der Waals surface area (Å²) in [5, 5.41) is 17.6. The number of fused-ring (bicyclic) bond motifs is 1. The van der Waals surface area contributed by atoms with Crippen LogP contribution in [0.5, 0.6) is 0 Å². The van der Waals surface area contributed by atoms with Gasteiger partial charge in [-0.3, -0.25) is 14.4 Å². The Morgan fingerprint density at radius 2 is 2.13 bits per heavy atom. The van der Waals surface area contributed by atoms with E-state index in [1.807, 2.05) is 7.05 Å². The average Bonchev–Trinajstić information content (AvgIpc) is 3.15. The van der Waals surface area contributed by atoms with Gasteiger partial charge in [-0.25, -0.2) is 9.97 Å². The number of likely N-dealkylation sites (N-methyl/N-ethyl adjacent to an activating group) is 1. The summed E-state index contributed by atoms with van der Waals surface area (Å²) in [5.41, 5.74) is 0.889. The third-order valence-electron chi connectivity index (χ3n) is 4.35. The van der Waals surface area contributed by atoms with E-state index in [-0.39, 0.29) is 12.4 Å². The minimum absolute atomic E-state index is 0.129. The summed E-state index contributed by atoms with van der Waals surface area (Å²) in [6.07, 6.45) is 2.18. The van der Waals surface area contributed by atoms with Crippen molar-refractivity contribution in [2.45, 2.75) is 19.0 Å². The second kappa shape index (κ2) is 9.94. The smallest absolute Gasteiger partial charge is 0.314 e. The normalized spacial score (nSPS) is 14.5. The van der Waals surface area contributed by atoms with Crippen molar-refractivity contribution in [1.29, 1.82) is 0 Å². The van der Waals surface area contributed by atoms with Crippen LogP contribution in [0.15, 0.2) is 18.3 Å². The monoisotopic (exact) mass is 452 g/mol. The number of thiazole rings is 1. The molecule has 3 heterocycles. The molecule has 4 N–H and O–H groups in total. The van der Waals surface area contributed by atoms with Gasteiger partial charge in [0.25, 0.3) is 5.91 Å². The number of carbonyl (C=O) groups excluding carboxylic acids is 3. The van der Waals surface area contributed by atoms with Crippen LogP contribution in [0.2, 0.25) is 5.02 Å². The molecule has 0 bridgehead atoms. The largest absolute Gasteiger partial charge is 0.394 e. The van der Waals surface area contributed by atoms with Crippen molar-refractivity contribution in [2.75, 3.05) is 32.1 Å². The first-order chi connectivity index (χ1) is 14.4. The van der Waals surface area contributed by atoms with E-state index in [2.05, 4.69) is 30.8 Å².